The number of H-pyrrole nitrogens is 1. The third kappa shape index (κ3) is 2.55. The van der Waals surface area contributed by atoms with Crippen LogP contribution in [-0.2, 0) is 0 Å². The van der Waals surface area contributed by atoms with Crippen LogP contribution in [0.25, 0.3) is 0 Å². The summed E-state index contributed by atoms with van der Waals surface area (Å²) in [4.78, 5) is 12.2. The van der Waals surface area contributed by atoms with Crippen molar-refractivity contribution in [2.45, 2.75) is 20.8 Å². The Bertz CT molecular complexity index is 585. The van der Waals surface area contributed by atoms with Gasteiger partial charge in [0.1, 0.15) is 0 Å². The van der Waals surface area contributed by atoms with Crippen molar-refractivity contribution in [1.82, 2.24) is 10.2 Å². The zero-order chi connectivity index (χ0) is 13.3. The van der Waals surface area contributed by atoms with Crippen molar-refractivity contribution in [1.29, 1.82) is 0 Å². The summed E-state index contributed by atoms with van der Waals surface area (Å²) < 4.78 is 1.15. The normalized spacial score (nSPS) is 10.4. The number of carbonyl (C=O) groups excluding carboxylic acids is 1. The molecule has 0 aliphatic rings. The van der Waals surface area contributed by atoms with Crippen molar-refractivity contribution in [3.05, 3.63) is 44.3 Å². The van der Waals surface area contributed by atoms with Crippen molar-refractivity contribution >= 4 is 34.2 Å². The summed E-state index contributed by atoms with van der Waals surface area (Å²) in [6, 6.07) is 5.92. The molecule has 94 valence electrons. The number of anilines is 1. The maximum absolute atomic E-state index is 12.2. The number of rotatable bonds is 2. The van der Waals surface area contributed by atoms with E-state index in [1.165, 1.54) is 0 Å². The highest BCUT2D eigenvalue weighted by Gasteiger charge is 2.15. The molecule has 1 aromatic carbocycles. The van der Waals surface area contributed by atoms with E-state index in [1.54, 1.807) is 0 Å². The summed E-state index contributed by atoms with van der Waals surface area (Å²) in [6.07, 6.45) is 0. The molecular weight excluding hydrogens is 341 g/mol. The Kier molecular flexibility index (Phi) is 3.70. The summed E-state index contributed by atoms with van der Waals surface area (Å²) in [7, 11) is 0. The molecule has 1 aromatic heterocycles. The highest BCUT2D eigenvalue weighted by Crippen LogP contribution is 2.19. The average molecular weight is 355 g/mol. The lowest BCUT2D eigenvalue weighted by Gasteiger charge is -2.08. The molecule has 4 nitrogen and oxygen atoms in total. The summed E-state index contributed by atoms with van der Waals surface area (Å²) in [6.45, 7) is 5.64. The Balaban J connectivity index is 2.27. The van der Waals surface area contributed by atoms with Gasteiger partial charge in [-0.3, -0.25) is 9.89 Å². The van der Waals surface area contributed by atoms with Crippen LogP contribution in [0.2, 0.25) is 0 Å². The molecule has 1 amide bonds. The molecule has 0 atom stereocenters. The number of aromatic nitrogens is 2. The summed E-state index contributed by atoms with van der Waals surface area (Å²) in [5.41, 5.74) is 4.00. The number of carbonyl (C=O) groups is 1. The van der Waals surface area contributed by atoms with E-state index in [0.29, 0.717) is 11.3 Å². The van der Waals surface area contributed by atoms with Crippen LogP contribution in [0.1, 0.15) is 27.3 Å². The van der Waals surface area contributed by atoms with Gasteiger partial charge in [0.05, 0.1) is 11.3 Å². The van der Waals surface area contributed by atoms with Crippen LogP contribution in [0.5, 0.6) is 0 Å². The zero-order valence-corrected chi connectivity index (χ0v) is 12.6. The molecule has 0 unspecified atom stereocenters. The number of halogens is 1. The largest absolute Gasteiger partial charge is 0.322 e. The highest BCUT2D eigenvalue weighted by molar-refractivity contribution is 14.1. The first-order valence-corrected chi connectivity index (χ1v) is 6.66. The van der Waals surface area contributed by atoms with E-state index >= 15 is 0 Å². The standard InChI is InChI=1S/C13H14IN3O/c1-7-6-10(14)4-5-11(7)15-13(18)12-8(2)16-17-9(12)3/h4-6H,1-3H3,(H,15,18)(H,16,17). The molecule has 2 rings (SSSR count). The third-order valence-electron chi connectivity index (χ3n) is 2.79. The first kappa shape index (κ1) is 13.1. The van der Waals surface area contributed by atoms with Gasteiger partial charge in [-0.2, -0.15) is 5.10 Å². The lowest BCUT2D eigenvalue weighted by atomic mass is 10.1. The molecule has 0 aliphatic carbocycles. The zero-order valence-electron chi connectivity index (χ0n) is 10.5. The summed E-state index contributed by atoms with van der Waals surface area (Å²) >= 11 is 2.25. The molecule has 1 heterocycles. The van der Waals surface area contributed by atoms with Gasteiger partial charge in [0.25, 0.3) is 5.91 Å². The number of aromatic amines is 1. The number of hydrogen-bond donors (Lipinski definition) is 2. The molecule has 0 saturated carbocycles. The van der Waals surface area contributed by atoms with Gasteiger partial charge in [0.2, 0.25) is 0 Å². The van der Waals surface area contributed by atoms with Crippen molar-refractivity contribution < 1.29 is 4.79 Å². The van der Waals surface area contributed by atoms with Crippen LogP contribution in [0.4, 0.5) is 5.69 Å². The van der Waals surface area contributed by atoms with Gasteiger partial charge >= 0.3 is 0 Å². The molecule has 2 aromatic rings. The molecule has 5 heteroatoms. The van der Waals surface area contributed by atoms with Gasteiger partial charge in [-0.15, -0.1) is 0 Å². The number of benzene rings is 1. The van der Waals surface area contributed by atoms with Crippen LogP contribution in [0, 0.1) is 24.3 Å². The van der Waals surface area contributed by atoms with E-state index in [-0.39, 0.29) is 5.91 Å². The Hall–Kier alpha value is -1.37. The van der Waals surface area contributed by atoms with E-state index in [1.807, 2.05) is 39.0 Å². The van der Waals surface area contributed by atoms with Crippen LogP contribution < -0.4 is 5.32 Å². The summed E-state index contributed by atoms with van der Waals surface area (Å²) in [5, 5.41) is 9.76. The molecule has 0 bridgehead atoms. The Labute approximate surface area is 119 Å². The number of aryl methyl sites for hydroxylation is 3. The second kappa shape index (κ2) is 5.09. The Morgan fingerprint density at radius 1 is 1.33 bits per heavy atom. The smallest absolute Gasteiger partial charge is 0.259 e. The molecule has 0 spiro atoms. The maximum Gasteiger partial charge on any atom is 0.259 e. The fourth-order valence-electron chi connectivity index (χ4n) is 1.84. The lowest BCUT2D eigenvalue weighted by Crippen LogP contribution is -2.14. The van der Waals surface area contributed by atoms with Gasteiger partial charge in [-0.1, -0.05) is 0 Å². The van der Waals surface area contributed by atoms with Gasteiger partial charge in [0, 0.05) is 15.0 Å². The number of nitrogens with zero attached hydrogens (tertiary/aromatic N) is 1. The topological polar surface area (TPSA) is 57.8 Å². The SMILES string of the molecule is Cc1cc(I)ccc1NC(=O)c1c(C)n[nH]c1C. The first-order valence-electron chi connectivity index (χ1n) is 5.58. The molecule has 0 aliphatic heterocycles. The minimum atomic E-state index is -0.122. The van der Waals surface area contributed by atoms with Crippen molar-refractivity contribution in [2.75, 3.05) is 5.32 Å². The quantitative estimate of drug-likeness (QED) is 0.813. The summed E-state index contributed by atoms with van der Waals surface area (Å²) in [5.74, 6) is -0.122. The molecular formula is C13H14IN3O. The minimum absolute atomic E-state index is 0.122. The van der Waals surface area contributed by atoms with Gasteiger partial charge < -0.3 is 5.32 Å². The molecule has 0 saturated heterocycles. The maximum atomic E-state index is 12.2. The van der Waals surface area contributed by atoms with Crippen LogP contribution >= 0.6 is 22.6 Å². The van der Waals surface area contributed by atoms with Crippen LogP contribution in [-0.4, -0.2) is 16.1 Å². The van der Waals surface area contributed by atoms with Crippen molar-refractivity contribution in [2.24, 2.45) is 0 Å². The van der Waals surface area contributed by atoms with E-state index in [2.05, 4.69) is 38.1 Å². The second-order valence-electron chi connectivity index (χ2n) is 4.22. The van der Waals surface area contributed by atoms with Gasteiger partial charge in [0.15, 0.2) is 0 Å². The molecule has 0 radical (unpaired) electrons. The Morgan fingerprint density at radius 3 is 2.61 bits per heavy atom. The minimum Gasteiger partial charge on any atom is -0.322 e. The van der Waals surface area contributed by atoms with E-state index in [0.717, 1.165) is 20.5 Å². The van der Waals surface area contributed by atoms with Crippen LogP contribution in [0.15, 0.2) is 18.2 Å². The average Bonchev–Trinajstić information content (AvgIpc) is 2.62. The van der Waals surface area contributed by atoms with Crippen molar-refractivity contribution in [3.8, 4) is 0 Å². The fourth-order valence-corrected chi connectivity index (χ4v) is 2.48. The molecule has 2 N–H and O–H groups in total. The van der Waals surface area contributed by atoms with E-state index in [4.69, 9.17) is 0 Å². The van der Waals surface area contributed by atoms with Crippen LogP contribution in [0.3, 0.4) is 0 Å². The number of amides is 1. The predicted molar refractivity (Wildman–Crippen MR) is 79.9 cm³/mol. The Morgan fingerprint density at radius 2 is 2.06 bits per heavy atom. The van der Waals surface area contributed by atoms with Crippen molar-refractivity contribution in [3.63, 3.8) is 0 Å². The van der Waals surface area contributed by atoms with E-state index < -0.39 is 0 Å². The third-order valence-corrected chi connectivity index (χ3v) is 3.46. The second-order valence-corrected chi connectivity index (χ2v) is 5.47. The predicted octanol–water partition coefficient (Wildman–Crippen LogP) is 3.19. The molecule has 18 heavy (non-hydrogen) atoms. The first-order chi connectivity index (χ1) is 8.49. The fraction of sp³-hybridized carbons (Fsp3) is 0.231. The number of hydrogen-bond acceptors (Lipinski definition) is 2. The lowest BCUT2D eigenvalue weighted by molar-refractivity contribution is 0.102. The van der Waals surface area contributed by atoms with Gasteiger partial charge in [-0.25, -0.2) is 0 Å². The van der Waals surface area contributed by atoms with E-state index in [9.17, 15) is 4.79 Å². The molecule has 0 fully saturated rings. The monoisotopic (exact) mass is 355 g/mol. The van der Waals surface area contributed by atoms with Gasteiger partial charge in [-0.05, 0) is 67.1 Å². The highest BCUT2D eigenvalue weighted by atomic mass is 127. The number of nitrogens with one attached hydrogen (secondary N) is 2.